The van der Waals surface area contributed by atoms with Crippen molar-refractivity contribution in [2.45, 2.75) is 77.5 Å². The van der Waals surface area contributed by atoms with Crippen molar-refractivity contribution in [2.75, 3.05) is 19.0 Å². The molecule has 0 radical (unpaired) electrons. The van der Waals surface area contributed by atoms with Gasteiger partial charge >= 0.3 is 6.09 Å². The molecule has 2 aromatic carbocycles. The number of alkyl carbamates (subject to hydrolysis) is 1. The largest absolute Gasteiger partial charge is 0.497 e. The zero-order valence-electron chi connectivity index (χ0n) is 25.1. The molecular formula is C32H42N4O6. The average molecular weight is 579 g/mol. The summed E-state index contributed by atoms with van der Waals surface area (Å²) in [4.78, 5) is 54.1. The molecule has 0 saturated carbocycles. The van der Waals surface area contributed by atoms with Gasteiger partial charge in [0.05, 0.1) is 7.11 Å². The van der Waals surface area contributed by atoms with Gasteiger partial charge in [-0.1, -0.05) is 43.9 Å². The Labute approximate surface area is 248 Å². The molecule has 0 saturated heterocycles. The van der Waals surface area contributed by atoms with Gasteiger partial charge in [-0.3, -0.25) is 14.4 Å². The zero-order chi connectivity index (χ0) is 31.3. The normalized spacial score (nSPS) is 12.3. The third-order valence-electron chi connectivity index (χ3n) is 6.28. The van der Waals surface area contributed by atoms with Gasteiger partial charge in [0.2, 0.25) is 11.8 Å². The van der Waals surface area contributed by atoms with Crippen molar-refractivity contribution in [1.29, 1.82) is 0 Å². The second-order valence-electron chi connectivity index (χ2n) is 10.8. The summed E-state index contributed by atoms with van der Waals surface area (Å²) in [5.74, 6) is 1.52. The number of terminal acetylenes is 1. The maximum absolute atomic E-state index is 14.3. The number of anilines is 1. The summed E-state index contributed by atoms with van der Waals surface area (Å²) in [7, 11) is 1.54. The molecule has 10 nitrogen and oxygen atoms in total. The van der Waals surface area contributed by atoms with E-state index in [1.807, 2.05) is 6.92 Å². The number of unbranched alkanes of at least 4 members (excludes halogenated alkanes) is 2. The van der Waals surface area contributed by atoms with E-state index in [4.69, 9.17) is 21.6 Å². The van der Waals surface area contributed by atoms with Crippen molar-refractivity contribution in [3.63, 3.8) is 0 Å². The minimum absolute atomic E-state index is 0.0821. The van der Waals surface area contributed by atoms with Crippen LogP contribution in [0.1, 0.15) is 77.0 Å². The number of hydrogen-bond donors (Lipinski definition) is 3. The number of benzene rings is 2. The van der Waals surface area contributed by atoms with Gasteiger partial charge in [-0.05, 0) is 69.5 Å². The van der Waals surface area contributed by atoms with Crippen molar-refractivity contribution in [1.82, 2.24) is 10.2 Å². The third kappa shape index (κ3) is 10.5. The van der Waals surface area contributed by atoms with Gasteiger partial charge in [0, 0.05) is 24.2 Å². The molecule has 0 heterocycles. The molecule has 226 valence electrons. The molecule has 0 bridgehead atoms. The minimum Gasteiger partial charge on any atom is -0.497 e. The molecule has 4 amide bonds. The molecule has 2 rings (SSSR count). The molecule has 0 aliphatic heterocycles. The van der Waals surface area contributed by atoms with Crippen LogP contribution < -0.4 is 21.1 Å². The van der Waals surface area contributed by atoms with Crippen LogP contribution in [0.5, 0.6) is 5.75 Å². The molecule has 0 aliphatic carbocycles. The zero-order valence-corrected chi connectivity index (χ0v) is 25.1. The number of nitrogens with zero attached hydrogens (tertiary/aromatic N) is 1. The first-order valence-electron chi connectivity index (χ1n) is 14.0. The monoisotopic (exact) mass is 578 g/mol. The predicted octanol–water partition coefficient (Wildman–Crippen LogP) is 4.53. The number of nitrogens with one attached hydrogen (secondary N) is 2. The van der Waals surface area contributed by atoms with Crippen LogP contribution in [0.25, 0.3) is 0 Å². The van der Waals surface area contributed by atoms with Gasteiger partial charge in [-0.15, -0.1) is 6.42 Å². The summed E-state index contributed by atoms with van der Waals surface area (Å²) >= 11 is 0. The van der Waals surface area contributed by atoms with Crippen molar-refractivity contribution >= 4 is 29.5 Å². The molecule has 2 atom stereocenters. The first-order valence-corrected chi connectivity index (χ1v) is 14.0. The minimum atomic E-state index is -1.19. The highest BCUT2D eigenvalue weighted by atomic mass is 16.6. The van der Waals surface area contributed by atoms with Crippen molar-refractivity contribution in [3.05, 3.63) is 59.7 Å². The van der Waals surface area contributed by atoms with Crippen molar-refractivity contribution in [3.8, 4) is 18.1 Å². The van der Waals surface area contributed by atoms with Crippen molar-refractivity contribution < 1.29 is 28.7 Å². The Morgan fingerprint density at radius 3 is 2.29 bits per heavy atom. The summed E-state index contributed by atoms with van der Waals surface area (Å²) < 4.78 is 10.6. The second-order valence-corrected chi connectivity index (χ2v) is 10.8. The Morgan fingerprint density at radius 2 is 1.71 bits per heavy atom. The van der Waals surface area contributed by atoms with E-state index >= 15 is 0 Å². The number of rotatable bonds is 14. The van der Waals surface area contributed by atoms with Crippen LogP contribution in [0, 0.1) is 12.3 Å². The fourth-order valence-corrected chi connectivity index (χ4v) is 4.30. The smallest absolute Gasteiger partial charge is 0.408 e. The summed E-state index contributed by atoms with van der Waals surface area (Å²) in [6.07, 6.45) is 6.97. The number of amides is 4. The molecule has 10 heteroatoms. The average Bonchev–Trinajstić information content (AvgIpc) is 2.94. The maximum Gasteiger partial charge on any atom is 0.408 e. The van der Waals surface area contributed by atoms with Crippen LogP contribution in [-0.2, 0) is 19.1 Å². The highest BCUT2D eigenvalue weighted by Crippen LogP contribution is 2.28. The summed E-state index contributed by atoms with van der Waals surface area (Å²) in [6.45, 7) is 7.29. The fraction of sp³-hybridized carbons (Fsp3) is 0.438. The Hall–Kier alpha value is -4.52. The molecule has 2 aromatic rings. The first-order chi connectivity index (χ1) is 19.9. The molecule has 0 spiro atoms. The number of primary amides is 1. The molecule has 0 fully saturated rings. The SMILES string of the molecule is C#Cc1ccccc1C(C(=O)Nc1ccc(OC)cc1)N(CCCCC)C(=O)C(CCC(N)=O)NC(=O)OC(C)(C)C. The van der Waals surface area contributed by atoms with Crippen molar-refractivity contribution in [2.24, 2.45) is 5.73 Å². The van der Waals surface area contributed by atoms with Gasteiger partial charge in [0.1, 0.15) is 23.4 Å². The third-order valence-corrected chi connectivity index (χ3v) is 6.28. The molecule has 2 unspecified atom stereocenters. The number of carbonyl (C=O) groups excluding carboxylic acids is 4. The molecule has 0 aromatic heterocycles. The molecular weight excluding hydrogens is 536 g/mol. The van der Waals surface area contributed by atoms with Gasteiger partial charge < -0.3 is 30.7 Å². The Morgan fingerprint density at radius 1 is 1.05 bits per heavy atom. The van der Waals surface area contributed by atoms with E-state index in [2.05, 4.69) is 16.6 Å². The summed E-state index contributed by atoms with van der Waals surface area (Å²) in [6, 6.07) is 11.3. The predicted molar refractivity (Wildman–Crippen MR) is 162 cm³/mol. The lowest BCUT2D eigenvalue weighted by atomic mass is 9.96. The van der Waals surface area contributed by atoms with Gasteiger partial charge in [-0.2, -0.15) is 0 Å². The molecule has 0 aliphatic rings. The molecule has 4 N–H and O–H groups in total. The number of ether oxygens (including phenoxy) is 2. The second kappa shape index (κ2) is 16.1. The van der Waals surface area contributed by atoms with Crippen LogP contribution in [0.3, 0.4) is 0 Å². The van der Waals surface area contributed by atoms with Crippen LogP contribution in [-0.4, -0.2) is 54.0 Å². The number of carbonyl (C=O) groups is 4. The quantitative estimate of drug-likeness (QED) is 0.222. The van der Waals surface area contributed by atoms with E-state index in [9.17, 15) is 19.2 Å². The van der Waals surface area contributed by atoms with Gasteiger partial charge in [0.25, 0.3) is 5.91 Å². The van der Waals surface area contributed by atoms with Crippen LogP contribution in [0.4, 0.5) is 10.5 Å². The lowest BCUT2D eigenvalue weighted by molar-refractivity contribution is -0.141. The van der Waals surface area contributed by atoms with E-state index in [-0.39, 0.29) is 19.4 Å². The number of methoxy groups -OCH3 is 1. The maximum atomic E-state index is 14.3. The van der Waals surface area contributed by atoms with Crippen LogP contribution in [0.15, 0.2) is 48.5 Å². The lowest BCUT2D eigenvalue weighted by Crippen LogP contribution is -2.53. The van der Waals surface area contributed by atoms with E-state index in [1.54, 1.807) is 76.4 Å². The lowest BCUT2D eigenvalue weighted by Gasteiger charge is -2.35. The summed E-state index contributed by atoms with van der Waals surface area (Å²) in [5.41, 5.74) is 5.94. The summed E-state index contributed by atoms with van der Waals surface area (Å²) in [5, 5.41) is 5.48. The molecule has 42 heavy (non-hydrogen) atoms. The number of hydrogen-bond acceptors (Lipinski definition) is 6. The van der Waals surface area contributed by atoms with E-state index < -0.39 is 41.5 Å². The van der Waals surface area contributed by atoms with Crippen LogP contribution >= 0.6 is 0 Å². The van der Waals surface area contributed by atoms with E-state index in [0.717, 1.165) is 12.8 Å². The Bertz CT molecular complexity index is 1260. The Kier molecular flexibility index (Phi) is 12.9. The topological polar surface area (TPSA) is 140 Å². The van der Waals surface area contributed by atoms with Gasteiger partial charge in [-0.25, -0.2) is 4.79 Å². The van der Waals surface area contributed by atoms with Crippen LogP contribution in [0.2, 0.25) is 0 Å². The highest BCUT2D eigenvalue weighted by molar-refractivity contribution is 5.99. The Balaban J connectivity index is 2.60. The first kappa shape index (κ1) is 33.7. The fourth-order valence-electron chi connectivity index (χ4n) is 4.30. The van der Waals surface area contributed by atoms with E-state index in [1.165, 1.54) is 4.90 Å². The van der Waals surface area contributed by atoms with E-state index in [0.29, 0.717) is 29.0 Å². The highest BCUT2D eigenvalue weighted by Gasteiger charge is 2.37. The standard InChI is InChI=1S/C32H42N4O6/c1-7-9-12-21-36(30(39)26(19-20-27(33)37)35-31(40)42-32(3,4)5)28(25-14-11-10-13-22(25)8-2)29(38)34-23-15-17-24(41-6)18-16-23/h2,10-11,13-18,26,28H,7,9,12,19-21H2,1,3-6H3,(H2,33,37)(H,34,38)(H,35,40). The number of nitrogens with two attached hydrogens (primary N) is 1. The van der Waals surface area contributed by atoms with Gasteiger partial charge in [0.15, 0.2) is 0 Å².